The molecule has 0 atom stereocenters. The molecule has 8 nitrogen and oxygen atoms in total. The van der Waals surface area contributed by atoms with E-state index < -0.39 is 0 Å². The third kappa shape index (κ3) is 2.53. The van der Waals surface area contributed by atoms with Crippen LogP contribution in [0.1, 0.15) is 0 Å². The standard InChI is InChI=1S/C12H12N8/c1-13-11-6-12(15-7-14-11)17-9-2-4-10(5-3-9)20-8-16-18-19-20/h2-8H,1H3,(H2,13,14,15,17). The molecule has 20 heavy (non-hydrogen) atoms. The Labute approximate surface area is 114 Å². The second-order valence-electron chi connectivity index (χ2n) is 3.96. The van der Waals surface area contributed by atoms with Gasteiger partial charge in [0, 0.05) is 18.8 Å². The molecule has 3 rings (SSSR count). The van der Waals surface area contributed by atoms with E-state index >= 15 is 0 Å². The normalized spacial score (nSPS) is 10.2. The number of anilines is 3. The first-order chi connectivity index (χ1) is 9.85. The van der Waals surface area contributed by atoms with Gasteiger partial charge in [-0.2, -0.15) is 0 Å². The second-order valence-corrected chi connectivity index (χ2v) is 3.96. The molecule has 0 bridgehead atoms. The molecule has 0 radical (unpaired) electrons. The summed E-state index contributed by atoms with van der Waals surface area (Å²) in [6.07, 6.45) is 3.05. The van der Waals surface area contributed by atoms with Crippen LogP contribution in [0.2, 0.25) is 0 Å². The molecule has 0 unspecified atom stereocenters. The average Bonchev–Trinajstić information content (AvgIpc) is 3.02. The molecule has 0 fully saturated rings. The molecule has 1 aromatic carbocycles. The Bertz CT molecular complexity index is 677. The number of tetrazole rings is 1. The van der Waals surface area contributed by atoms with Gasteiger partial charge in [-0.3, -0.25) is 0 Å². The zero-order valence-corrected chi connectivity index (χ0v) is 10.7. The van der Waals surface area contributed by atoms with Crippen molar-refractivity contribution in [1.29, 1.82) is 0 Å². The highest BCUT2D eigenvalue weighted by Gasteiger charge is 2.00. The number of hydrogen-bond acceptors (Lipinski definition) is 7. The van der Waals surface area contributed by atoms with Gasteiger partial charge in [-0.25, -0.2) is 14.6 Å². The highest BCUT2D eigenvalue weighted by atomic mass is 15.5. The molecule has 0 amide bonds. The van der Waals surface area contributed by atoms with Crippen molar-refractivity contribution in [3.8, 4) is 5.69 Å². The van der Waals surface area contributed by atoms with E-state index in [1.807, 2.05) is 37.4 Å². The Hall–Kier alpha value is -3.03. The highest BCUT2D eigenvalue weighted by molar-refractivity contribution is 5.59. The average molecular weight is 268 g/mol. The SMILES string of the molecule is CNc1cc(Nc2ccc(-n3cnnn3)cc2)ncn1. The largest absolute Gasteiger partial charge is 0.373 e. The van der Waals surface area contributed by atoms with Crippen molar-refractivity contribution in [1.82, 2.24) is 30.2 Å². The minimum absolute atomic E-state index is 0.722. The van der Waals surface area contributed by atoms with E-state index in [9.17, 15) is 0 Å². The van der Waals surface area contributed by atoms with Gasteiger partial charge in [0.25, 0.3) is 0 Å². The Balaban J connectivity index is 1.78. The number of hydrogen-bond donors (Lipinski definition) is 2. The molecule has 100 valence electrons. The van der Waals surface area contributed by atoms with Crippen molar-refractivity contribution in [2.45, 2.75) is 0 Å². The van der Waals surface area contributed by atoms with Crippen molar-refractivity contribution >= 4 is 17.3 Å². The van der Waals surface area contributed by atoms with E-state index in [1.54, 1.807) is 11.0 Å². The van der Waals surface area contributed by atoms with Crippen LogP contribution < -0.4 is 10.6 Å². The molecule has 0 aliphatic heterocycles. The summed E-state index contributed by atoms with van der Waals surface area (Å²) in [6, 6.07) is 9.52. The molecule has 0 aliphatic rings. The summed E-state index contributed by atoms with van der Waals surface area (Å²) in [7, 11) is 1.81. The molecule has 0 saturated heterocycles. The van der Waals surface area contributed by atoms with Gasteiger partial charge in [0.1, 0.15) is 24.3 Å². The molecule has 2 heterocycles. The minimum atomic E-state index is 0.722. The highest BCUT2D eigenvalue weighted by Crippen LogP contribution is 2.17. The summed E-state index contributed by atoms with van der Waals surface area (Å²) >= 11 is 0. The number of rotatable bonds is 4. The summed E-state index contributed by atoms with van der Waals surface area (Å²) in [6.45, 7) is 0. The van der Waals surface area contributed by atoms with Crippen molar-refractivity contribution < 1.29 is 0 Å². The van der Waals surface area contributed by atoms with Gasteiger partial charge in [0.2, 0.25) is 0 Å². The number of nitrogens with zero attached hydrogens (tertiary/aromatic N) is 6. The van der Waals surface area contributed by atoms with Gasteiger partial charge in [-0.1, -0.05) is 0 Å². The van der Waals surface area contributed by atoms with Crippen LogP contribution in [0.25, 0.3) is 5.69 Å². The van der Waals surface area contributed by atoms with Crippen molar-refractivity contribution in [2.24, 2.45) is 0 Å². The van der Waals surface area contributed by atoms with Gasteiger partial charge in [-0.15, -0.1) is 5.10 Å². The van der Waals surface area contributed by atoms with Crippen LogP contribution in [0.3, 0.4) is 0 Å². The lowest BCUT2D eigenvalue weighted by atomic mass is 10.3. The van der Waals surface area contributed by atoms with E-state index in [2.05, 4.69) is 36.1 Å². The fraction of sp³-hybridized carbons (Fsp3) is 0.0833. The smallest absolute Gasteiger partial charge is 0.143 e. The van der Waals surface area contributed by atoms with E-state index in [1.165, 1.54) is 6.33 Å². The zero-order valence-electron chi connectivity index (χ0n) is 10.7. The third-order valence-corrected chi connectivity index (χ3v) is 2.68. The molecule has 0 aliphatic carbocycles. The van der Waals surface area contributed by atoms with E-state index in [0.717, 1.165) is 23.0 Å². The molecule has 2 N–H and O–H groups in total. The first-order valence-corrected chi connectivity index (χ1v) is 5.95. The number of benzene rings is 1. The van der Waals surface area contributed by atoms with Crippen molar-refractivity contribution in [3.63, 3.8) is 0 Å². The molecular weight excluding hydrogens is 256 g/mol. The van der Waals surface area contributed by atoms with E-state index in [4.69, 9.17) is 0 Å². The lowest BCUT2D eigenvalue weighted by molar-refractivity contribution is 0.789. The first-order valence-electron chi connectivity index (χ1n) is 5.95. The van der Waals surface area contributed by atoms with Crippen LogP contribution in [0.15, 0.2) is 43.0 Å². The molecule has 0 saturated carbocycles. The predicted molar refractivity (Wildman–Crippen MR) is 74.0 cm³/mol. The van der Waals surface area contributed by atoms with Crippen LogP contribution in [-0.4, -0.2) is 37.2 Å². The molecule has 3 aromatic rings. The van der Waals surface area contributed by atoms with Gasteiger partial charge < -0.3 is 10.6 Å². The van der Waals surface area contributed by atoms with Gasteiger partial charge in [0.15, 0.2) is 0 Å². The van der Waals surface area contributed by atoms with Crippen LogP contribution >= 0.6 is 0 Å². The molecule has 0 spiro atoms. The summed E-state index contributed by atoms with van der Waals surface area (Å²) in [5.41, 5.74) is 1.81. The maximum Gasteiger partial charge on any atom is 0.143 e. The predicted octanol–water partition coefficient (Wildman–Crippen LogP) is 1.24. The van der Waals surface area contributed by atoms with Crippen molar-refractivity contribution in [3.05, 3.63) is 43.0 Å². The van der Waals surface area contributed by atoms with Gasteiger partial charge in [-0.05, 0) is 34.7 Å². The molecule has 8 heteroatoms. The molecule has 2 aromatic heterocycles. The summed E-state index contributed by atoms with van der Waals surface area (Å²) < 4.78 is 1.59. The fourth-order valence-corrected chi connectivity index (χ4v) is 1.69. The second kappa shape index (κ2) is 5.31. The van der Waals surface area contributed by atoms with Gasteiger partial charge >= 0.3 is 0 Å². The minimum Gasteiger partial charge on any atom is -0.373 e. The summed E-state index contributed by atoms with van der Waals surface area (Å²) in [5.74, 6) is 1.48. The lowest BCUT2D eigenvalue weighted by Gasteiger charge is -2.07. The third-order valence-electron chi connectivity index (χ3n) is 2.68. The Morgan fingerprint density at radius 1 is 1.05 bits per heavy atom. The Morgan fingerprint density at radius 3 is 2.55 bits per heavy atom. The van der Waals surface area contributed by atoms with Crippen LogP contribution in [-0.2, 0) is 0 Å². The number of aromatic nitrogens is 6. The molecular formula is C12H12N8. The van der Waals surface area contributed by atoms with E-state index in [-0.39, 0.29) is 0 Å². The maximum absolute atomic E-state index is 4.16. The monoisotopic (exact) mass is 268 g/mol. The van der Waals surface area contributed by atoms with Crippen LogP contribution in [0, 0.1) is 0 Å². The first kappa shape index (κ1) is 12.0. The zero-order chi connectivity index (χ0) is 13.8. The quantitative estimate of drug-likeness (QED) is 0.735. The summed E-state index contributed by atoms with van der Waals surface area (Å²) in [4.78, 5) is 8.21. The topological polar surface area (TPSA) is 93.4 Å². The maximum atomic E-state index is 4.16. The fourth-order valence-electron chi connectivity index (χ4n) is 1.69. The lowest BCUT2D eigenvalue weighted by Crippen LogP contribution is -1.99. The van der Waals surface area contributed by atoms with Crippen LogP contribution in [0.4, 0.5) is 17.3 Å². The Morgan fingerprint density at radius 2 is 1.85 bits per heavy atom. The van der Waals surface area contributed by atoms with Gasteiger partial charge in [0.05, 0.1) is 5.69 Å². The summed E-state index contributed by atoms with van der Waals surface area (Å²) in [5, 5.41) is 17.2. The van der Waals surface area contributed by atoms with Crippen molar-refractivity contribution in [2.75, 3.05) is 17.7 Å². The van der Waals surface area contributed by atoms with E-state index in [0.29, 0.717) is 0 Å². The van der Waals surface area contributed by atoms with Crippen LogP contribution in [0.5, 0.6) is 0 Å². The number of nitrogens with one attached hydrogen (secondary N) is 2. The Kier molecular flexibility index (Phi) is 3.19.